The molecule has 0 radical (unpaired) electrons. The van der Waals surface area contributed by atoms with Crippen LogP contribution in [0.25, 0.3) is 0 Å². The molecule has 1 N–H and O–H groups in total. The van der Waals surface area contributed by atoms with E-state index in [1.54, 1.807) is 4.90 Å². The van der Waals surface area contributed by atoms with Crippen LogP contribution in [0.2, 0.25) is 0 Å². The fourth-order valence-corrected chi connectivity index (χ4v) is 3.67. The van der Waals surface area contributed by atoms with Crippen molar-refractivity contribution in [3.63, 3.8) is 0 Å². The summed E-state index contributed by atoms with van der Waals surface area (Å²) in [6, 6.07) is 20.0. The molecule has 0 aliphatic carbocycles. The van der Waals surface area contributed by atoms with Crippen molar-refractivity contribution in [3.8, 4) is 0 Å². The first-order valence-electron chi connectivity index (χ1n) is 9.83. The number of carbonyl (C=O) groups excluding carboxylic acids is 1. The standard InChI is InChI=1S/C23H30N2O3/c1-17(2)24-21(19-13-9-6-10-14-19)20-16-28-23(3,4)25(20)22(26)27-15-18-11-7-5-8-12-18/h5-14,17,20-21,24H,15-16H2,1-4H3/t20-,21-/m1/s1. The van der Waals surface area contributed by atoms with E-state index in [4.69, 9.17) is 9.47 Å². The molecule has 150 valence electrons. The lowest BCUT2D eigenvalue weighted by Crippen LogP contribution is -2.52. The van der Waals surface area contributed by atoms with E-state index >= 15 is 0 Å². The van der Waals surface area contributed by atoms with Crippen molar-refractivity contribution in [1.82, 2.24) is 10.2 Å². The third-order valence-corrected chi connectivity index (χ3v) is 4.98. The van der Waals surface area contributed by atoms with E-state index in [1.165, 1.54) is 0 Å². The van der Waals surface area contributed by atoms with Gasteiger partial charge >= 0.3 is 6.09 Å². The lowest BCUT2D eigenvalue weighted by molar-refractivity contribution is -0.0504. The zero-order valence-corrected chi connectivity index (χ0v) is 17.1. The number of amides is 1. The van der Waals surface area contributed by atoms with Crippen LogP contribution in [0.1, 0.15) is 44.9 Å². The average molecular weight is 383 g/mol. The Hall–Kier alpha value is -2.37. The number of carbonyl (C=O) groups is 1. The lowest BCUT2D eigenvalue weighted by atomic mass is 9.97. The smallest absolute Gasteiger partial charge is 0.412 e. The van der Waals surface area contributed by atoms with E-state index in [9.17, 15) is 4.79 Å². The molecule has 2 aromatic rings. The van der Waals surface area contributed by atoms with E-state index in [-0.39, 0.29) is 30.8 Å². The summed E-state index contributed by atoms with van der Waals surface area (Å²) in [7, 11) is 0. The van der Waals surface area contributed by atoms with Gasteiger partial charge in [-0.15, -0.1) is 0 Å². The van der Waals surface area contributed by atoms with E-state index in [0.29, 0.717) is 6.61 Å². The summed E-state index contributed by atoms with van der Waals surface area (Å²) in [5.41, 5.74) is 1.36. The molecule has 0 aromatic heterocycles. The van der Waals surface area contributed by atoms with Gasteiger partial charge in [-0.2, -0.15) is 0 Å². The maximum Gasteiger partial charge on any atom is 0.412 e. The van der Waals surface area contributed by atoms with Crippen LogP contribution in [-0.4, -0.2) is 35.4 Å². The third-order valence-electron chi connectivity index (χ3n) is 4.98. The molecule has 1 amide bonds. The van der Waals surface area contributed by atoms with Crippen LogP contribution in [-0.2, 0) is 16.1 Å². The van der Waals surface area contributed by atoms with Gasteiger partial charge in [0.05, 0.1) is 18.7 Å². The van der Waals surface area contributed by atoms with Crippen molar-refractivity contribution < 1.29 is 14.3 Å². The molecule has 2 aromatic carbocycles. The Bertz CT molecular complexity index is 762. The van der Waals surface area contributed by atoms with Gasteiger partial charge in [-0.25, -0.2) is 4.79 Å². The first kappa shape index (κ1) is 20.4. The van der Waals surface area contributed by atoms with Crippen LogP contribution in [0, 0.1) is 0 Å². The highest BCUT2D eigenvalue weighted by Gasteiger charge is 2.48. The van der Waals surface area contributed by atoms with Crippen LogP contribution in [0.15, 0.2) is 60.7 Å². The van der Waals surface area contributed by atoms with Crippen molar-refractivity contribution in [2.45, 2.75) is 58.2 Å². The monoisotopic (exact) mass is 382 g/mol. The largest absolute Gasteiger partial charge is 0.444 e. The van der Waals surface area contributed by atoms with Crippen LogP contribution >= 0.6 is 0 Å². The molecule has 0 bridgehead atoms. The highest BCUT2D eigenvalue weighted by Crippen LogP contribution is 2.35. The summed E-state index contributed by atoms with van der Waals surface area (Å²) in [5, 5.41) is 3.61. The fraction of sp³-hybridized carbons (Fsp3) is 0.435. The molecule has 0 saturated carbocycles. The van der Waals surface area contributed by atoms with Gasteiger partial charge in [-0.1, -0.05) is 74.5 Å². The molecule has 5 nitrogen and oxygen atoms in total. The zero-order valence-electron chi connectivity index (χ0n) is 17.1. The number of nitrogens with one attached hydrogen (secondary N) is 1. The molecule has 1 heterocycles. The molecule has 0 spiro atoms. The summed E-state index contributed by atoms with van der Waals surface area (Å²) < 4.78 is 11.7. The predicted molar refractivity (Wildman–Crippen MR) is 110 cm³/mol. The molecule has 2 atom stereocenters. The van der Waals surface area contributed by atoms with Crippen molar-refractivity contribution >= 4 is 6.09 Å². The minimum Gasteiger partial charge on any atom is -0.444 e. The summed E-state index contributed by atoms with van der Waals surface area (Å²) >= 11 is 0. The van der Waals surface area contributed by atoms with Gasteiger partial charge in [-0.3, -0.25) is 4.90 Å². The minimum absolute atomic E-state index is 0.0488. The van der Waals surface area contributed by atoms with Crippen molar-refractivity contribution in [2.24, 2.45) is 0 Å². The zero-order chi connectivity index (χ0) is 20.1. The Morgan fingerprint density at radius 3 is 2.36 bits per heavy atom. The summed E-state index contributed by atoms with van der Waals surface area (Å²) in [6.07, 6.45) is -0.358. The highest BCUT2D eigenvalue weighted by atomic mass is 16.6. The van der Waals surface area contributed by atoms with Crippen molar-refractivity contribution in [3.05, 3.63) is 71.8 Å². The first-order valence-corrected chi connectivity index (χ1v) is 9.83. The van der Waals surface area contributed by atoms with E-state index in [0.717, 1.165) is 11.1 Å². The quantitative estimate of drug-likeness (QED) is 0.799. The molecule has 1 fully saturated rings. The number of rotatable bonds is 6. The molecule has 1 saturated heterocycles. The number of benzene rings is 2. The second kappa shape index (κ2) is 8.76. The Balaban J connectivity index is 1.82. The lowest BCUT2D eigenvalue weighted by Gasteiger charge is -2.37. The average Bonchev–Trinajstić information content (AvgIpc) is 3.00. The molecule has 0 unspecified atom stereocenters. The molecular weight excluding hydrogens is 352 g/mol. The number of hydrogen-bond acceptors (Lipinski definition) is 4. The second-order valence-electron chi connectivity index (χ2n) is 7.95. The third kappa shape index (κ3) is 4.72. The maximum absolute atomic E-state index is 13.1. The molecule has 3 rings (SSSR count). The summed E-state index contributed by atoms with van der Waals surface area (Å²) in [4.78, 5) is 14.8. The second-order valence-corrected chi connectivity index (χ2v) is 7.95. The Morgan fingerprint density at radius 2 is 1.75 bits per heavy atom. The number of nitrogens with zero attached hydrogens (tertiary/aromatic N) is 1. The molecule has 28 heavy (non-hydrogen) atoms. The van der Waals surface area contributed by atoms with Gasteiger partial charge < -0.3 is 14.8 Å². The Labute approximate surface area is 167 Å². The molecular formula is C23H30N2O3. The number of hydrogen-bond donors (Lipinski definition) is 1. The topological polar surface area (TPSA) is 50.8 Å². The van der Waals surface area contributed by atoms with Gasteiger partial charge in [0.2, 0.25) is 0 Å². The normalized spacial score (nSPS) is 19.6. The maximum atomic E-state index is 13.1. The molecule has 5 heteroatoms. The van der Waals surface area contributed by atoms with Crippen LogP contribution in [0.5, 0.6) is 0 Å². The predicted octanol–water partition coefficient (Wildman–Crippen LogP) is 4.50. The summed E-state index contributed by atoms with van der Waals surface area (Å²) in [5.74, 6) is 0. The van der Waals surface area contributed by atoms with Crippen molar-refractivity contribution in [1.29, 1.82) is 0 Å². The van der Waals surface area contributed by atoms with Crippen molar-refractivity contribution in [2.75, 3.05) is 6.61 Å². The SMILES string of the molecule is CC(C)N[C@H](c1ccccc1)[C@H]1COC(C)(C)N1C(=O)OCc1ccccc1. The minimum atomic E-state index is -0.732. The van der Waals surface area contributed by atoms with Crippen LogP contribution in [0.3, 0.4) is 0 Å². The van der Waals surface area contributed by atoms with Gasteiger partial charge in [-0.05, 0) is 25.0 Å². The van der Waals surface area contributed by atoms with E-state index in [2.05, 4.69) is 31.3 Å². The van der Waals surface area contributed by atoms with Gasteiger partial charge in [0.15, 0.2) is 0 Å². The molecule has 1 aliphatic heterocycles. The fourth-order valence-electron chi connectivity index (χ4n) is 3.67. The summed E-state index contributed by atoms with van der Waals surface area (Å²) in [6.45, 7) is 8.73. The highest BCUT2D eigenvalue weighted by molar-refractivity contribution is 5.69. The van der Waals surface area contributed by atoms with Crippen LogP contribution < -0.4 is 5.32 Å². The van der Waals surface area contributed by atoms with Gasteiger partial charge in [0.25, 0.3) is 0 Å². The van der Waals surface area contributed by atoms with E-state index in [1.807, 2.05) is 62.4 Å². The van der Waals surface area contributed by atoms with Crippen LogP contribution in [0.4, 0.5) is 4.79 Å². The number of ether oxygens (including phenoxy) is 2. The first-order chi connectivity index (χ1) is 13.4. The molecule has 1 aliphatic rings. The Kier molecular flexibility index (Phi) is 6.37. The Morgan fingerprint density at radius 1 is 1.14 bits per heavy atom. The van der Waals surface area contributed by atoms with E-state index < -0.39 is 5.72 Å². The van der Waals surface area contributed by atoms with Gasteiger partial charge in [0, 0.05) is 6.04 Å². The van der Waals surface area contributed by atoms with Gasteiger partial charge in [0.1, 0.15) is 12.3 Å².